The molecule has 0 saturated heterocycles. The van der Waals surface area contributed by atoms with Crippen molar-refractivity contribution >= 4 is 28.0 Å². The van der Waals surface area contributed by atoms with E-state index in [4.69, 9.17) is 19.4 Å². The number of hydrogen-bond acceptors (Lipinski definition) is 4. The summed E-state index contributed by atoms with van der Waals surface area (Å²) >= 11 is 0. The molecule has 8 aromatic rings. The second-order valence-corrected chi connectivity index (χ2v) is 15.5. The van der Waals surface area contributed by atoms with E-state index < -0.39 is 0 Å². The third-order valence-electron chi connectivity index (χ3n) is 12.0. The maximum Gasteiger partial charge on any atom is 0.164 e. The fourth-order valence-electron chi connectivity index (χ4n) is 9.08. The largest absolute Gasteiger partial charge is 0.455 e. The van der Waals surface area contributed by atoms with Crippen molar-refractivity contribution in [2.45, 2.75) is 25.2 Å². The molecule has 4 heteroatoms. The van der Waals surface area contributed by atoms with Crippen LogP contribution in [0.1, 0.15) is 41.9 Å². The third-order valence-corrected chi connectivity index (χ3v) is 12.0. The minimum Gasteiger partial charge on any atom is -0.455 e. The molecule has 11 rings (SSSR count). The van der Waals surface area contributed by atoms with Gasteiger partial charge >= 0.3 is 0 Å². The molecule has 0 aliphatic heterocycles. The number of benzene rings is 6. The molecule has 0 spiro atoms. The molecule has 58 heavy (non-hydrogen) atoms. The summed E-state index contributed by atoms with van der Waals surface area (Å²) in [5.41, 5.74) is 14.2. The summed E-state index contributed by atoms with van der Waals surface area (Å²) in [7, 11) is 0. The van der Waals surface area contributed by atoms with Gasteiger partial charge in [0, 0.05) is 44.9 Å². The van der Waals surface area contributed by atoms with Gasteiger partial charge in [0.2, 0.25) is 0 Å². The van der Waals surface area contributed by atoms with Gasteiger partial charge in [0.05, 0.1) is 0 Å². The highest BCUT2D eigenvalue weighted by Gasteiger charge is 2.28. The lowest BCUT2D eigenvalue weighted by Gasteiger charge is -2.30. The standard InChI is InChI=1S/C54H39N3O/c1-34-14-10-20-38-28-29-39(32-47(34)38)52-55-53(40-30-31-42(35-15-4-2-5-16-35)48(33-40)44-24-11-21-36-19-8-9-22-41(36)44)57-54(56-52)46-26-13-27-49-50(46)45-25-12-23-43(51(45)58-49)37-17-6-3-7-18-37/h2-13,15-34,41,44H,14H2,1H3. The minimum absolute atomic E-state index is 0.136. The van der Waals surface area contributed by atoms with Crippen molar-refractivity contribution in [2.75, 3.05) is 0 Å². The third kappa shape index (κ3) is 5.88. The predicted octanol–water partition coefficient (Wildman–Crippen LogP) is 13.9. The zero-order valence-corrected chi connectivity index (χ0v) is 32.1. The minimum atomic E-state index is 0.136. The Balaban J connectivity index is 1.13. The maximum absolute atomic E-state index is 6.69. The highest BCUT2D eigenvalue weighted by molar-refractivity contribution is 6.15. The van der Waals surface area contributed by atoms with E-state index in [-0.39, 0.29) is 11.8 Å². The summed E-state index contributed by atoms with van der Waals surface area (Å²) in [5, 5.41) is 2.02. The number of fused-ring (bicyclic) bond motifs is 5. The quantitative estimate of drug-likeness (QED) is 0.170. The smallest absolute Gasteiger partial charge is 0.164 e. The number of aromatic nitrogens is 3. The normalized spacial score (nSPS) is 18.0. The summed E-state index contributed by atoms with van der Waals surface area (Å²) in [6.45, 7) is 2.29. The lowest BCUT2D eigenvalue weighted by atomic mass is 9.74. The number of para-hydroxylation sites is 1. The molecule has 0 amide bonds. The molecular formula is C54H39N3O. The molecule has 3 aliphatic rings. The van der Waals surface area contributed by atoms with Crippen LogP contribution in [0.4, 0.5) is 0 Å². The van der Waals surface area contributed by atoms with E-state index in [0.29, 0.717) is 23.4 Å². The first-order valence-electron chi connectivity index (χ1n) is 20.2. The zero-order valence-electron chi connectivity index (χ0n) is 32.1. The van der Waals surface area contributed by atoms with Crippen molar-refractivity contribution in [2.24, 2.45) is 5.92 Å². The fraction of sp³-hybridized carbons (Fsp3) is 0.0926. The van der Waals surface area contributed by atoms with Gasteiger partial charge in [-0.3, -0.25) is 0 Å². The lowest BCUT2D eigenvalue weighted by Crippen LogP contribution is -2.15. The van der Waals surface area contributed by atoms with Crippen LogP contribution in [0.3, 0.4) is 0 Å². The Bertz CT molecular complexity index is 3060. The molecule has 0 bridgehead atoms. The Labute approximate surface area is 338 Å². The summed E-state index contributed by atoms with van der Waals surface area (Å²) in [4.78, 5) is 16.0. The molecule has 3 aliphatic carbocycles. The Morgan fingerprint density at radius 1 is 0.534 bits per heavy atom. The predicted molar refractivity (Wildman–Crippen MR) is 238 cm³/mol. The van der Waals surface area contributed by atoms with Crippen LogP contribution in [0.2, 0.25) is 0 Å². The highest BCUT2D eigenvalue weighted by Crippen LogP contribution is 2.44. The van der Waals surface area contributed by atoms with Crippen LogP contribution < -0.4 is 0 Å². The Morgan fingerprint density at radius 3 is 2.03 bits per heavy atom. The van der Waals surface area contributed by atoms with Gasteiger partial charge in [-0.05, 0) is 69.5 Å². The lowest BCUT2D eigenvalue weighted by molar-refractivity contribution is 0.670. The average molecular weight is 746 g/mol. The van der Waals surface area contributed by atoms with Gasteiger partial charge in [0.15, 0.2) is 17.5 Å². The van der Waals surface area contributed by atoms with Crippen LogP contribution in [0.15, 0.2) is 192 Å². The first kappa shape index (κ1) is 34.1. The molecule has 2 heterocycles. The number of furan rings is 1. The van der Waals surface area contributed by atoms with E-state index >= 15 is 0 Å². The molecule has 0 N–H and O–H groups in total. The Morgan fingerprint density at radius 2 is 1.22 bits per heavy atom. The Hall–Kier alpha value is -7.17. The first-order valence-corrected chi connectivity index (χ1v) is 20.2. The topological polar surface area (TPSA) is 51.8 Å². The van der Waals surface area contributed by atoms with Gasteiger partial charge in [-0.15, -0.1) is 0 Å². The molecule has 3 atom stereocenters. The molecule has 276 valence electrons. The molecule has 0 fully saturated rings. The van der Waals surface area contributed by atoms with Gasteiger partial charge in [-0.25, -0.2) is 15.0 Å². The molecule has 4 nitrogen and oxygen atoms in total. The van der Waals surface area contributed by atoms with Gasteiger partial charge < -0.3 is 4.42 Å². The molecule has 0 saturated carbocycles. The van der Waals surface area contributed by atoms with Crippen LogP contribution in [-0.2, 0) is 0 Å². The summed E-state index contributed by atoms with van der Waals surface area (Å²) in [6.07, 6.45) is 21.1. The van der Waals surface area contributed by atoms with Crippen LogP contribution in [0.25, 0.3) is 84.4 Å². The van der Waals surface area contributed by atoms with Gasteiger partial charge in [-0.2, -0.15) is 0 Å². The van der Waals surface area contributed by atoms with Crippen molar-refractivity contribution in [3.05, 3.63) is 204 Å². The van der Waals surface area contributed by atoms with E-state index in [9.17, 15) is 0 Å². The van der Waals surface area contributed by atoms with Crippen molar-refractivity contribution in [3.63, 3.8) is 0 Å². The average Bonchev–Trinajstić information content (AvgIpc) is 3.68. The van der Waals surface area contributed by atoms with E-state index in [0.717, 1.165) is 56.2 Å². The highest BCUT2D eigenvalue weighted by atomic mass is 16.3. The second-order valence-electron chi connectivity index (χ2n) is 15.5. The maximum atomic E-state index is 6.69. The fourth-order valence-corrected chi connectivity index (χ4v) is 9.08. The van der Waals surface area contributed by atoms with Crippen LogP contribution in [0.5, 0.6) is 0 Å². The SMILES string of the molecule is CC1CC=Cc2ccc(-c3nc(-c4ccc(-c5ccccc5)c(C5C=CC=C6C=CC=CC65)c4)nc(-c4cccc5oc6c(-c7ccccc7)cccc6c45)n3)cc21. The van der Waals surface area contributed by atoms with Crippen molar-refractivity contribution in [1.82, 2.24) is 15.0 Å². The second kappa shape index (κ2) is 14.1. The number of nitrogens with zero attached hydrogens (tertiary/aromatic N) is 3. The molecule has 2 aromatic heterocycles. The van der Waals surface area contributed by atoms with Crippen LogP contribution in [0, 0.1) is 5.92 Å². The van der Waals surface area contributed by atoms with E-state index in [2.05, 4.69) is 177 Å². The van der Waals surface area contributed by atoms with E-state index in [1.54, 1.807) is 0 Å². The molecule has 0 radical (unpaired) electrons. The van der Waals surface area contributed by atoms with Crippen molar-refractivity contribution in [1.29, 1.82) is 0 Å². The van der Waals surface area contributed by atoms with Crippen LogP contribution >= 0.6 is 0 Å². The molecule has 3 unspecified atom stereocenters. The molecular weight excluding hydrogens is 707 g/mol. The van der Waals surface area contributed by atoms with Crippen LogP contribution in [-0.4, -0.2) is 15.0 Å². The van der Waals surface area contributed by atoms with E-state index in [1.807, 2.05) is 18.2 Å². The van der Waals surface area contributed by atoms with Gasteiger partial charge in [0.1, 0.15) is 11.2 Å². The van der Waals surface area contributed by atoms with Gasteiger partial charge in [0.25, 0.3) is 0 Å². The number of hydrogen-bond donors (Lipinski definition) is 0. The zero-order chi connectivity index (χ0) is 38.6. The monoisotopic (exact) mass is 745 g/mol. The molecule has 6 aromatic carbocycles. The Kier molecular flexibility index (Phi) is 8.29. The summed E-state index contributed by atoms with van der Waals surface area (Å²) in [5.74, 6) is 2.67. The van der Waals surface area contributed by atoms with Crippen molar-refractivity contribution in [3.8, 4) is 56.4 Å². The van der Waals surface area contributed by atoms with E-state index in [1.165, 1.54) is 33.4 Å². The number of allylic oxidation sites excluding steroid dienone is 9. The first-order chi connectivity index (χ1) is 28.7. The van der Waals surface area contributed by atoms with Gasteiger partial charge in [-0.1, -0.05) is 177 Å². The summed E-state index contributed by atoms with van der Waals surface area (Å²) < 4.78 is 6.69. The number of rotatable bonds is 6. The van der Waals surface area contributed by atoms with Crippen molar-refractivity contribution < 1.29 is 4.42 Å². The summed E-state index contributed by atoms with van der Waals surface area (Å²) in [6, 6.07) is 47.1.